The molecule has 0 saturated carbocycles. The number of fused-ring (bicyclic) bond motifs is 1. The van der Waals surface area contributed by atoms with Gasteiger partial charge in [0.15, 0.2) is 0 Å². The van der Waals surface area contributed by atoms with Crippen LogP contribution < -0.4 is 10.1 Å². The lowest BCUT2D eigenvalue weighted by molar-refractivity contribution is 0.120. The Hall–Kier alpha value is -1.06. The van der Waals surface area contributed by atoms with Crippen molar-refractivity contribution in [2.75, 3.05) is 13.2 Å². The van der Waals surface area contributed by atoms with Crippen molar-refractivity contribution < 1.29 is 9.84 Å². The molecular formula is C15H23NO2. The third-order valence-corrected chi connectivity index (χ3v) is 3.62. The number of rotatable bonds is 5. The Labute approximate surface area is 109 Å². The molecule has 100 valence electrons. The van der Waals surface area contributed by atoms with Crippen LogP contribution in [0.2, 0.25) is 0 Å². The van der Waals surface area contributed by atoms with Crippen molar-refractivity contribution in [3.8, 4) is 5.75 Å². The summed E-state index contributed by atoms with van der Waals surface area (Å²) in [6.07, 6.45) is 0.718. The number of hydrogen-bond donors (Lipinski definition) is 2. The van der Waals surface area contributed by atoms with Crippen LogP contribution in [0.15, 0.2) is 18.2 Å². The first-order chi connectivity index (χ1) is 8.58. The highest BCUT2D eigenvalue weighted by Gasteiger charge is 2.15. The molecule has 0 aliphatic carbocycles. The molecule has 0 fully saturated rings. The lowest BCUT2D eigenvalue weighted by atomic mass is 10.0. The summed E-state index contributed by atoms with van der Waals surface area (Å²) in [7, 11) is 0. The molecule has 1 heterocycles. The molecule has 1 aromatic rings. The van der Waals surface area contributed by atoms with Gasteiger partial charge >= 0.3 is 0 Å². The highest BCUT2D eigenvalue weighted by atomic mass is 16.5. The molecule has 0 radical (unpaired) electrons. The van der Waals surface area contributed by atoms with Gasteiger partial charge in [0.05, 0.1) is 12.7 Å². The van der Waals surface area contributed by atoms with Gasteiger partial charge in [-0.05, 0) is 30.0 Å². The second-order valence-corrected chi connectivity index (χ2v) is 5.41. The minimum atomic E-state index is -0.287. The maximum Gasteiger partial charge on any atom is 0.122 e. The monoisotopic (exact) mass is 249 g/mol. The van der Waals surface area contributed by atoms with E-state index < -0.39 is 0 Å². The summed E-state index contributed by atoms with van der Waals surface area (Å²) in [5.74, 6) is 1.31. The maximum atomic E-state index is 9.79. The average molecular weight is 249 g/mol. The normalized spacial score (nSPS) is 17.4. The predicted molar refractivity (Wildman–Crippen MR) is 72.9 cm³/mol. The minimum Gasteiger partial charge on any atom is -0.493 e. The number of nitrogens with one attached hydrogen (secondary N) is 1. The van der Waals surface area contributed by atoms with E-state index in [-0.39, 0.29) is 18.1 Å². The van der Waals surface area contributed by atoms with Gasteiger partial charge in [-0.3, -0.25) is 0 Å². The molecule has 1 aliphatic rings. The van der Waals surface area contributed by atoms with Crippen LogP contribution in [0.25, 0.3) is 0 Å². The molecule has 3 heteroatoms. The smallest absolute Gasteiger partial charge is 0.122 e. The van der Waals surface area contributed by atoms with Gasteiger partial charge < -0.3 is 15.2 Å². The molecular weight excluding hydrogens is 226 g/mol. The Morgan fingerprint density at radius 2 is 2.11 bits per heavy atom. The first-order valence-electron chi connectivity index (χ1n) is 6.75. The molecule has 0 bridgehead atoms. The van der Waals surface area contributed by atoms with Crippen LogP contribution in [0, 0.1) is 5.92 Å². The lowest BCUT2D eigenvalue weighted by Crippen LogP contribution is -2.32. The lowest BCUT2D eigenvalue weighted by Gasteiger charge is -2.20. The molecule has 2 rings (SSSR count). The zero-order valence-corrected chi connectivity index (χ0v) is 11.4. The fraction of sp³-hybridized carbons (Fsp3) is 0.600. The average Bonchev–Trinajstić information content (AvgIpc) is 2.82. The van der Waals surface area contributed by atoms with E-state index in [2.05, 4.69) is 30.4 Å². The van der Waals surface area contributed by atoms with Crippen LogP contribution in [-0.2, 0) is 6.42 Å². The van der Waals surface area contributed by atoms with Crippen LogP contribution >= 0.6 is 0 Å². The summed E-state index contributed by atoms with van der Waals surface area (Å²) in [5.41, 5.74) is 2.56. The summed E-state index contributed by atoms with van der Waals surface area (Å²) < 4.78 is 5.50. The van der Waals surface area contributed by atoms with E-state index in [0.29, 0.717) is 6.54 Å². The van der Waals surface area contributed by atoms with E-state index in [1.807, 2.05) is 13.8 Å². The Bertz CT molecular complexity index is 403. The summed E-state index contributed by atoms with van der Waals surface area (Å²) in [6.45, 7) is 7.62. The number of hydrogen-bond acceptors (Lipinski definition) is 3. The Balaban J connectivity index is 1.95. The van der Waals surface area contributed by atoms with Gasteiger partial charge in [0.25, 0.3) is 0 Å². The highest BCUT2D eigenvalue weighted by Crippen LogP contribution is 2.28. The van der Waals surface area contributed by atoms with Gasteiger partial charge in [0.1, 0.15) is 5.75 Å². The van der Waals surface area contributed by atoms with E-state index >= 15 is 0 Å². The summed E-state index contributed by atoms with van der Waals surface area (Å²) in [5, 5.41) is 13.2. The third-order valence-electron chi connectivity index (χ3n) is 3.62. The number of ether oxygens (including phenoxy) is 1. The van der Waals surface area contributed by atoms with Crippen molar-refractivity contribution in [3.05, 3.63) is 29.3 Å². The fourth-order valence-corrected chi connectivity index (χ4v) is 2.13. The predicted octanol–water partition coefficient (Wildman–Crippen LogP) is 2.29. The zero-order chi connectivity index (χ0) is 13.1. The van der Waals surface area contributed by atoms with E-state index in [4.69, 9.17) is 4.74 Å². The van der Waals surface area contributed by atoms with Gasteiger partial charge in [-0.25, -0.2) is 0 Å². The Kier molecular flexibility index (Phi) is 4.25. The van der Waals surface area contributed by atoms with Crippen molar-refractivity contribution in [2.45, 2.75) is 39.3 Å². The van der Waals surface area contributed by atoms with Gasteiger partial charge in [-0.15, -0.1) is 0 Å². The first-order valence-corrected chi connectivity index (χ1v) is 6.75. The van der Waals surface area contributed by atoms with Crippen molar-refractivity contribution in [1.29, 1.82) is 0 Å². The molecule has 0 spiro atoms. The van der Waals surface area contributed by atoms with Crippen molar-refractivity contribution in [1.82, 2.24) is 5.32 Å². The van der Waals surface area contributed by atoms with Crippen LogP contribution in [0.4, 0.5) is 0 Å². The van der Waals surface area contributed by atoms with E-state index in [0.717, 1.165) is 18.8 Å². The van der Waals surface area contributed by atoms with Crippen LogP contribution in [0.1, 0.15) is 37.9 Å². The third kappa shape index (κ3) is 3.03. The molecule has 2 unspecified atom stereocenters. The van der Waals surface area contributed by atoms with Crippen LogP contribution in [0.5, 0.6) is 5.75 Å². The SMILES string of the molecule is CC(NCC(O)C(C)C)c1ccc2c(c1)CCO2. The number of benzene rings is 1. The standard InChI is InChI=1S/C15H23NO2/c1-10(2)14(17)9-16-11(3)12-4-5-15-13(8-12)6-7-18-15/h4-5,8,10-11,14,16-17H,6-7,9H2,1-3H3. The quantitative estimate of drug-likeness (QED) is 0.841. The van der Waals surface area contributed by atoms with E-state index in [1.54, 1.807) is 0 Å². The molecule has 2 N–H and O–H groups in total. The van der Waals surface area contributed by atoms with Crippen molar-refractivity contribution >= 4 is 0 Å². The molecule has 0 aromatic heterocycles. The highest BCUT2D eigenvalue weighted by molar-refractivity contribution is 5.40. The molecule has 0 saturated heterocycles. The molecule has 1 aliphatic heterocycles. The minimum absolute atomic E-state index is 0.254. The van der Waals surface area contributed by atoms with E-state index in [1.165, 1.54) is 11.1 Å². The fourth-order valence-electron chi connectivity index (χ4n) is 2.13. The zero-order valence-electron chi connectivity index (χ0n) is 11.4. The van der Waals surface area contributed by atoms with Gasteiger partial charge in [0, 0.05) is 19.0 Å². The Morgan fingerprint density at radius 1 is 1.33 bits per heavy atom. The molecule has 3 nitrogen and oxygen atoms in total. The number of aliphatic hydroxyl groups excluding tert-OH is 1. The van der Waals surface area contributed by atoms with Gasteiger partial charge in [-0.1, -0.05) is 26.0 Å². The van der Waals surface area contributed by atoms with Crippen molar-refractivity contribution in [3.63, 3.8) is 0 Å². The largest absolute Gasteiger partial charge is 0.493 e. The van der Waals surface area contributed by atoms with Crippen molar-refractivity contribution in [2.24, 2.45) is 5.92 Å². The molecule has 2 atom stereocenters. The summed E-state index contributed by atoms with van der Waals surface area (Å²) in [4.78, 5) is 0. The number of aliphatic hydroxyl groups is 1. The van der Waals surface area contributed by atoms with Gasteiger partial charge in [0.2, 0.25) is 0 Å². The first kappa shape index (κ1) is 13.4. The molecule has 0 amide bonds. The summed E-state index contributed by atoms with van der Waals surface area (Å²) >= 11 is 0. The molecule has 18 heavy (non-hydrogen) atoms. The maximum absolute atomic E-state index is 9.79. The second-order valence-electron chi connectivity index (χ2n) is 5.41. The topological polar surface area (TPSA) is 41.5 Å². The van der Waals surface area contributed by atoms with Crippen LogP contribution in [-0.4, -0.2) is 24.4 Å². The van der Waals surface area contributed by atoms with Gasteiger partial charge in [-0.2, -0.15) is 0 Å². The van der Waals surface area contributed by atoms with Crippen LogP contribution in [0.3, 0.4) is 0 Å². The second kappa shape index (κ2) is 5.72. The summed E-state index contributed by atoms with van der Waals surface area (Å²) in [6, 6.07) is 6.62. The Morgan fingerprint density at radius 3 is 2.83 bits per heavy atom. The molecule has 1 aromatic carbocycles. The van der Waals surface area contributed by atoms with E-state index in [9.17, 15) is 5.11 Å².